The third kappa shape index (κ3) is 6.32. The van der Waals surface area contributed by atoms with E-state index in [2.05, 4.69) is 34.9 Å². The van der Waals surface area contributed by atoms with Crippen LogP contribution in [-0.2, 0) is 0 Å². The highest BCUT2D eigenvalue weighted by atomic mass is 15.1. The van der Waals surface area contributed by atoms with Crippen LogP contribution in [0.25, 0.3) is 82.8 Å². The molecule has 2 heteroatoms. The Bertz CT molecular complexity index is 3660. The van der Waals surface area contributed by atoms with Gasteiger partial charge in [-0.25, -0.2) is 0 Å². The van der Waals surface area contributed by atoms with Gasteiger partial charge in [-0.05, 0) is 104 Å². The fraction of sp³-hybridized carbons (Fsp3) is 0. The Morgan fingerprint density at radius 1 is 0.300 bits per heavy atom. The zero-order valence-corrected chi connectivity index (χ0v) is 32.4. The number of benzene rings is 10. The van der Waals surface area contributed by atoms with Crippen molar-refractivity contribution in [3.8, 4) is 50.2 Å². The van der Waals surface area contributed by atoms with E-state index in [4.69, 9.17) is 0 Å². The molecule has 1 heterocycles. The van der Waals surface area contributed by atoms with Crippen LogP contribution in [0.3, 0.4) is 0 Å². The van der Waals surface area contributed by atoms with Gasteiger partial charge >= 0.3 is 0 Å². The fourth-order valence-electron chi connectivity index (χ4n) is 8.27. The van der Waals surface area contributed by atoms with Gasteiger partial charge in [-0.1, -0.05) is 188 Å². The monoisotopic (exact) mass is 772 g/mol. The summed E-state index contributed by atoms with van der Waals surface area (Å²) in [5.41, 5.74) is 7.91. The molecular formula is C58H40N2. The van der Waals surface area contributed by atoms with Gasteiger partial charge in [0, 0.05) is 33.4 Å². The second-order valence-electron chi connectivity index (χ2n) is 14.7. The van der Waals surface area contributed by atoms with Gasteiger partial charge in [-0.15, -0.1) is 0 Å². The van der Waals surface area contributed by atoms with Gasteiger partial charge in [-0.2, -0.15) is 0 Å². The van der Waals surface area contributed by atoms with Crippen LogP contribution in [0.1, 0.15) is 11.0 Å². The Morgan fingerprint density at radius 3 is 1.43 bits per heavy atom. The Kier molecular flexibility index (Phi) is 6.96. The lowest BCUT2D eigenvalue weighted by molar-refractivity contribution is 1.18. The van der Waals surface area contributed by atoms with Gasteiger partial charge in [0.1, 0.15) is 0 Å². The molecule has 0 aliphatic heterocycles. The second kappa shape index (κ2) is 15.1. The molecule has 0 spiro atoms. The summed E-state index contributed by atoms with van der Waals surface area (Å²) < 4.78 is 78.6. The summed E-state index contributed by atoms with van der Waals surface area (Å²) in [6.45, 7) is 0. The Hall–Kier alpha value is -7.94. The number of hydrogen-bond donors (Lipinski definition) is 0. The number of hydrogen-bond acceptors (Lipinski definition) is 1. The lowest BCUT2D eigenvalue weighted by Gasteiger charge is -2.26. The molecular weight excluding hydrogens is 725 g/mol. The molecule has 0 bridgehead atoms. The third-order valence-corrected chi connectivity index (χ3v) is 11.2. The van der Waals surface area contributed by atoms with E-state index in [1.54, 1.807) is 30.3 Å². The molecule has 60 heavy (non-hydrogen) atoms. The van der Waals surface area contributed by atoms with Crippen LogP contribution in [0.4, 0.5) is 17.1 Å². The molecule has 0 atom stereocenters. The zero-order valence-electron chi connectivity index (χ0n) is 40.4. The Morgan fingerprint density at radius 2 is 0.767 bits per heavy atom. The molecule has 1 aromatic heterocycles. The summed E-state index contributed by atoms with van der Waals surface area (Å²) in [4.78, 5) is 1.36. The van der Waals surface area contributed by atoms with Gasteiger partial charge < -0.3 is 9.47 Å². The summed E-state index contributed by atoms with van der Waals surface area (Å²) in [6.07, 6.45) is 0. The predicted molar refractivity (Wildman–Crippen MR) is 255 cm³/mol. The molecule has 0 saturated heterocycles. The molecule has 10 aromatic carbocycles. The summed E-state index contributed by atoms with van der Waals surface area (Å²) in [6, 6.07) is 59.6. The van der Waals surface area contributed by atoms with E-state index >= 15 is 0 Å². The normalized spacial score (nSPS) is 13.2. The SMILES string of the molecule is [2H]c1c([2H])c(N(c2ccc(-c3ccccc3-n3c4ccccc4c4ccccc43)cc2)c2c([2H])c([2H])c(-c3cccc4ccccc34)c([2H])c2[2H])c([2H])c([2H])c1-c1ccc(-c2ccccc2)cc1. The number of rotatable bonds is 8. The van der Waals surface area contributed by atoms with E-state index in [0.717, 1.165) is 60.5 Å². The van der Waals surface area contributed by atoms with E-state index in [1.165, 1.54) is 4.90 Å². The first kappa shape index (κ1) is 27.7. The third-order valence-electron chi connectivity index (χ3n) is 11.2. The summed E-state index contributed by atoms with van der Waals surface area (Å²) in [7, 11) is 0. The van der Waals surface area contributed by atoms with Crippen LogP contribution in [0.5, 0.6) is 0 Å². The van der Waals surface area contributed by atoms with Gasteiger partial charge in [-0.3, -0.25) is 0 Å². The van der Waals surface area contributed by atoms with Crippen molar-refractivity contribution >= 4 is 49.6 Å². The van der Waals surface area contributed by atoms with Crippen molar-refractivity contribution in [3.63, 3.8) is 0 Å². The standard InChI is InChI=1S/C58H40N2/c1-2-13-41(14-3-1)42-25-27-43(28-26-42)44-29-35-48(36-30-44)59(49-37-31-46(32-38-49)52-21-12-16-45-15-4-5-17-51(45)52)50-39-33-47(34-40-50)53-18-6-9-22-56(53)60-57-23-10-7-19-54(57)55-20-8-11-24-58(55)60/h1-40H/i29D,30D,31D,32D,35D,36D,37D,38D. The topological polar surface area (TPSA) is 8.17 Å². The quantitative estimate of drug-likeness (QED) is 0.149. The van der Waals surface area contributed by atoms with E-state index < -0.39 is 24.2 Å². The minimum absolute atomic E-state index is 0.103. The first-order valence-electron chi connectivity index (χ1n) is 23.9. The molecule has 0 aliphatic rings. The average molecular weight is 773 g/mol. The van der Waals surface area contributed by atoms with Crippen molar-refractivity contribution in [3.05, 3.63) is 242 Å². The van der Waals surface area contributed by atoms with Crippen LogP contribution < -0.4 is 4.90 Å². The van der Waals surface area contributed by atoms with Crippen molar-refractivity contribution in [1.82, 2.24) is 4.57 Å². The minimum atomic E-state index is -0.399. The van der Waals surface area contributed by atoms with Crippen LogP contribution in [0, 0.1) is 0 Å². The van der Waals surface area contributed by atoms with Crippen molar-refractivity contribution < 1.29 is 11.0 Å². The van der Waals surface area contributed by atoms with E-state index in [0.29, 0.717) is 16.8 Å². The molecule has 0 fully saturated rings. The maximum atomic E-state index is 9.64. The summed E-state index contributed by atoms with van der Waals surface area (Å²) >= 11 is 0. The Labute approximate surface area is 361 Å². The second-order valence-corrected chi connectivity index (χ2v) is 14.7. The molecule has 11 aromatic rings. The lowest BCUT2D eigenvalue weighted by Crippen LogP contribution is -2.09. The molecule has 0 amide bonds. The van der Waals surface area contributed by atoms with Crippen LogP contribution in [0.15, 0.2) is 242 Å². The van der Waals surface area contributed by atoms with Crippen LogP contribution in [-0.4, -0.2) is 4.57 Å². The van der Waals surface area contributed by atoms with Crippen molar-refractivity contribution in [2.75, 3.05) is 4.90 Å². The maximum Gasteiger partial charge on any atom is 0.0645 e. The van der Waals surface area contributed by atoms with E-state index in [-0.39, 0.29) is 46.7 Å². The first-order valence-corrected chi connectivity index (χ1v) is 19.9. The minimum Gasteiger partial charge on any atom is -0.311 e. The number of anilines is 3. The van der Waals surface area contributed by atoms with Crippen molar-refractivity contribution in [2.45, 2.75) is 0 Å². The highest BCUT2D eigenvalue weighted by Gasteiger charge is 2.17. The van der Waals surface area contributed by atoms with Crippen molar-refractivity contribution in [2.24, 2.45) is 0 Å². The molecule has 2 nitrogen and oxygen atoms in total. The smallest absolute Gasteiger partial charge is 0.0645 e. The highest BCUT2D eigenvalue weighted by Crippen LogP contribution is 2.40. The maximum absolute atomic E-state index is 9.64. The van der Waals surface area contributed by atoms with Crippen LogP contribution in [0.2, 0.25) is 0 Å². The number of para-hydroxylation sites is 3. The molecule has 0 N–H and O–H groups in total. The molecule has 0 saturated carbocycles. The lowest BCUT2D eigenvalue weighted by atomic mass is 9.98. The predicted octanol–water partition coefficient (Wildman–Crippen LogP) is 16.1. The zero-order chi connectivity index (χ0) is 46.8. The van der Waals surface area contributed by atoms with Gasteiger partial charge in [0.2, 0.25) is 0 Å². The molecule has 0 unspecified atom stereocenters. The number of fused-ring (bicyclic) bond motifs is 4. The summed E-state index contributed by atoms with van der Waals surface area (Å²) in [5, 5.41) is 3.91. The largest absolute Gasteiger partial charge is 0.311 e. The van der Waals surface area contributed by atoms with Crippen LogP contribution >= 0.6 is 0 Å². The molecule has 0 aliphatic carbocycles. The number of aromatic nitrogens is 1. The van der Waals surface area contributed by atoms with Gasteiger partial charge in [0.25, 0.3) is 0 Å². The van der Waals surface area contributed by atoms with Crippen molar-refractivity contribution in [1.29, 1.82) is 0 Å². The molecule has 11 rings (SSSR count). The first-order chi connectivity index (χ1) is 33.1. The fourth-order valence-corrected chi connectivity index (χ4v) is 8.27. The number of nitrogens with zero attached hydrogens (tertiary/aromatic N) is 2. The van der Waals surface area contributed by atoms with E-state index in [9.17, 15) is 11.0 Å². The molecule has 0 radical (unpaired) electrons. The Balaban J connectivity index is 1.10. The highest BCUT2D eigenvalue weighted by molar-refractivity contribution is 6.09. The molecule has 282 valence electrons. The average Bonchev–Trinajstić information content (AvgIpc) is 3.72. The van der Waals surface area contributed by atoms with E-state index in [1.807, 2.05) is 133 Å². The van der Waals surface area contributed by atoms with Gasteiger partial charge in [0.15, 0.2) is 0 Å². The van der Waals surface area contributed by atoms with Gasteiger partial charge in [0.05, 0.1) is 27.7 Å². The summed E-state index contributed by atoms with van der Waals surface area (Å²) in [5.74, 6) is 0.